The molecule has 162 valence electrons. The van der Waals surface area contributed by atoms with Crippen molar-refractivity contribution in [3.63, 3.8) is 0 Å². The molecule has 1 aliphatic heterocycles. The molecular weight excluding hydrogens is 407 g/mol. The maximum absolute atomic E-state index is 13.3. The van der Waals surface area contributed by atoms with Gasteiger partial charge in [-0.25, -0.2) is 4.68 Å². The predicted molar refractivity (Wildman–Crippen MR) is 112 cm³/mol. The quantitative estimate of drug-likeness (QED) is 0.371. The van der Waals surface area contributed by atoms with E-state index in [1.54, 1.807) is 10.7 Å². The van der Waals surface area contributed by atoms with Crippen molar-refractivity contribution in [2.24, 2.45) is 0 Å². The van der Waals surface area contributed by atoms with E-state index in [-0.39, 0.29) is 5.58 Å². The van der Waals surface area contributed by atoms with Gasteiger partial charge in [0, 0.05) is 11.9 Å². The summed E-state index contributed by atoms with van der Waals surface area (Å²) in [6.45, 7) is 4.06. The Hall–Kier alpha value is -3.00. The number of aromatic nitrogens is 2. The van der Waals surface area contributed by atoms with Gasteiger partial charge >= 0.3 is 6.18 Å². The monoisotopic (exact) mass is 429 g/mol. The molecule has 0 bridgehead atoms. The van der Waals surface area contributed by atoms with Crippen molar-refractivity contribution >= 4 is 22.1 Å². The molecule has 0 saturated carbocycles. The number of alkyl halides is 3. The Morgan fingerprint density at radius 1 is 1.03 bits per heavy atom. The van der Waals surface area contributed by atoms with Gasteiger partial charge in [0.15, 0.2) is 5.58 Å². The first-order valence-corrected chi connectivity index (χ1v) is 10.4. The van der Waals surface area contributed by atoms with Crippen LogP contribution in [-0.4, -0.2) is 40.9 Å². The van der Waals surface area contributed by atoms with Crippen LogP contribution in [-0.2, 0) is 6.18 Å². The Kier molecular flexibility index (Phi) is 5.09. The molecule has 0 radical (unpaired) electrons. The zero-order valence-corrected chi connectivity index (χ0v) is 16.9. The number of nitrogens with zero attached hydrogens (tertiary/aromatic N) is 3. The molecule has 0 amide bonds. The van der Waals surface area contributed by atoms with Crippen molar-refractivity contribution < 1.29 is 22.3 Å². The maximum Gasteiger partial charge on any atom is 0.420 e. The van der Waals surface area contributed by atoms with Gasteiger partial charge < -0.3 is 14.1 Å². The molecule has 0 spiro atoms. The Bertz CT molecular complexity index is 1190. The highest BCUT2D eigenvalue weighted by Gasteiger charge is 2.35. The zero-order chi connectivity index (χ0) is 21.4. The second-order valence-electron chi connectivity index (χ2n) is 7.80. The van der Waals surface area contributed by atoms with Crippen LogP contribution in [0, 0.1) is 0 Å². The molecule has 2 aromatic carbocycles. The van der Waals surface area contributed by atoms with Crippen LogP contribution in [0.3, 0.4) is 0 Å². The smallest absolute Gasteiger partial charge is 0.420 e. The van der Waals surface area contributed by atoms with Crippen LogP contribution in [0.2, 0.25) is 0 Å². The number of likely N-dealkylation sites (tertiary alicyclic amines) is 1. The number of benzene rings is 2. The standard InChI is InChI=1S/C23H22F3N3O2/c24-23(25,26)19-6-3-5-18-21-20(31-22(18)19)15-27-29(21)16-7-9-17(10-8-16)30-14-4-13-28-11-1-2-12-28/h3,5-10,15H,1-2,4,11-14H2. The van der Waals surface area contributed by atoms with E-state index in [2.05, 4.69) is 10.00 Å². The van der Waals surface area contributed by atoms with E-state index in [4.69, 9.17) is 9.15 Å². The van der Waals surface area contributed by atoms with Crippen LogP contribution in [0.1, 0.15) is 24.8 Å². The van der Waals surface area contributed by atoms with E-state index in [1.807, 2.05) is 24.3 Å². The van der Waals surface area contributed by atoms with Gasteiger partial charge in [0.1, 0.15) is 16.8 Å². The minimum absolute atomic E-state index is 0.172. The summed E-state index contributed by atoms with van der Waals surface area (Å²) in [5, 5.41) is 4.69. The fourth-order valence-corrected chi connectivity index (χ4v) is 4.19. The Balaban J connectivity index is 1.35. The van der Waals surface area contributed by atoms with E-state index < -0.39 is 11.7 Å². The molecule has 0 N–H and O–H groups in total. The molecule has 8 heteroatoms. The Morgan fingerprint density at radius 3 is 2.55 bits per heavy atom. The molecule has 1 aliphatic rings. The first-order valence-electron chi connectivity index (χ1n) is 10.4. The lowest BCUT2D eigenvalue weighted by atomic mass is 10.1. The summed E-state index contributed by atoms with van der Waals surface area (Å²) < 4.78 is 53.0. The van der Waals surface area contributed by atoms with Gasteiger partial charge in [0.05, 0.1) is 24.1 Å². The third-order valence-electron chi connectivity index (χ3n) is 5.69. The molecule has 0 atom stereocenters. The molecule has 1 saturated heterocycles. The van der Waals surface area contributed by atoms with Crippen LogP contribution in [0.25, 0.3) is 27.8 Å². The SMILES string of the molecule is FC(F)(F)c1cccc2c1oc1cnn(-c3ccc(OCCCN4CCCC4)cc3)c12. The number of furan rings is 1. The van der Waals surface area contributed by atoms with Crippen molar-refractivity contribution in [2.45, 2.75) is 25.4 Å². The number of ether oxygens (including phenoxy) is 1. The molecule has 4 aromatic rings. The first-order chi connectivity index (χ1) is 15.0. The van der Waals surface area contributed by atoms with E-state index >= 15 is 0 Å². The van der Waals surface area contributed by atoms with Gasteiger partial charge in [0.25, 0.3) is 0 Å². The lowest BCUT2D eigenvalue weighted by molar-refractivity contribution is -0.136. The fourth-order valence-electron chi connectivity index (χ4n) is 4.19. The van der Waals surface area contributed by atoms with Crippen LogP contribution in [0.4, 0.5) is 13.2 Å². The van der Waals surface area contributed by atoms with Crippen LogP contribution in [0.5, 0.6) is 5.75 Å². The van der Waals surface area contributed by atoms with Crippen molar-refractivity contribution in [3.05, 3.63) is 54.2 Å². The van der Waals surface area contributed by atoms with E-state index in [0.717, 1.165) is 30.5 Å². The fraction of sp³-hybridized carbons (Fsp3) is 0.348. The molecule has 31 heavy (non-hydrogen) atoms. The Morgan fingerprint density at radius 2 is 1.81 bits per heavy atom. The Labute approximate surface area is 177 Å². The molecule has 0 aliphatic carbocycles. The number of halogens is 3. The lowest BCUT2D eigenvalue weighted by Gasteiger charge is -2.14. The second kappa shape index (κ2) is 7.92. The number of para-hydroxylation sites is 1. The van der Waals surface area contributed by atoms with Crippen molar-refractivity contribution in [1.82, 2.24) is 14.7 Å². The number of fused-ring (bicyclic) bond motifs is 3. The van der Waals surface area contributed by atoms with E-state index in [0.29, 0.717) is 23.1 Å². The average molecular weight is 429 g/mol. The summed E-state index contributed by atoms with van der Waals surface area (Å²) >= 11 is 0. The summed E-state index contributed by atoms with van der Waals surface area (Å²) in [4.78, 5) is 2.45. The molecule has 1 fully saturated rings. The molecule has 0 unspecified atom stereocenters. The summed E-state index contributed by atoms with van der Waals surface area (Å²) in [6.07, 6.45) is 0.502. The normalized spacial score (nSPS) is 15.3. The summed E-state index contributed by atoms with van der Waals surface area (Å²) in [6, 6.07) is 11.4. The number of hydrogen-bond donors (Lipinski definition) is 0. The van der Waals surface area contributed by atoms with Gasteiger partial charge in [-0.05, 0) is 68.8 Å². The third-order valence-corrected chi connectivity index (χ3v) is 5.69. The van der Waals surface area contributed by atoms with Crippen molar-refractivity contribution in [2.75, 3.05) is 26.2 Å². The number of hydrogen-bond acceptors (Lipinski definition) is 4. The molecule has 5 nitrogen and oxygen atoms in total. The van der Waals surface area contributed by atoms with Crippen molar-refractivity contribution in [3.8, 4) is 11.4 Å². The predicted octanol–water partition coefficient (Wildman–Crippen LogP) is 5.66. The zero-order valence-electron chi connectivity index (χ0n) is 16.9. The van der Waals surface area contributed by atoms with Crippen molar-refractivity contribution in [1.29, 1.82) is 0 Å². The minimum Gasteiger partial charge on any atom is -0.494 e. The van der Waals surface area contributed by atoms with E-state index in [9.17, 15) is 13.2 Å². The summed E-state index contributed by atoms with van der Waals surface area (Å²) in [5.74, 6) is 0.755. The minimum atomic E-state index is -4.49. The highest BCUT2D eigenvalue weighted by Crippen LogP contribution is 2.39. The van der Waals surface area contributed by atoms with Gasteiger partial charge in [-0.15, -0.1) is 0 Å². The maximum atomic E-state index is 13.3. The largest absolute Gasteiger partial charge is 0.494 e. The van der Waals surface area contributed by atoms with Crippen LogP contribution < -0.4 is 4.74 Å². The van der Waals surface area contributed by atoms with E-state index in [1.165, 1.54) is 38.2 Å². The van der Waals surface area contributed by atoms with Crippen LogP contribution >= 0.6 is 0 Å². The molecular formula is C23H22F3N3O2. The lowest BCUT2D eigenvalue weighted by Crippen LogP contribution is -2.21. The summed E-state index contributed by atoms with van der Waals surface area (Å²) in [5.41, 5.74) is 0.591. The third kappa shape index (κ3) is 3.87. The highest BCUT2D eigenvalue weighted by molar-refractivity contribution is 6.04. The van der Waals surface area contributed by atoms with Gasteiger partial charge in [-0.2, -0.15) is 18.3 Å². The average Bonchev–Trinajstić information content (AvgIpc) is 3.47. The van der Waals surface area contributed by atoms with Gasteiger partial charge in [-0.3, -0.25) is 0 Å². The van der Waals surface area contributed by atoms with Gasteiger partial charge in [0.2, 0.25) is 0 Å². The molecule has 5 rings (SSSR count). The first kappa shape index (κ1) is 19.9. The molecule has 3 heterocycles. The summed E-state index contributed by atoms with van der Waals surface area (Å²) in [7, 11) is 0. The van der Waals surface area contributed by atoms with Gasteiger partial charge in [-0.1, -0.05) is 6.07 Å². The number of rotatable bonds is 6. The second-order valence-corrected chi connectivity index (χ2v) is 7.80. The van der Waals surface area contributed by atoms with Crippen LogP contribution in [0.15, 0.2) is 53.1 Å². The molecule has 2 aromatic heterocycles. The topological polar surface area (TPSA) is 43.4 Å². The highest BCUT2D eigenvalue weighted by atomic mass is 19.4.